The zero-order valence-corrected chi connectivity index (χ0v) is 11.6. The highest BCUT2D eigenvalue weighted by atomic mass is 35.5. The van der Waals surface area contributed by atoms with Gasteiger partial charge in [0.05, 0.1) is 6.54 Å². The van der Waals surface area contributed by atoms with Crippen molar-refractivity contribution >= 4 is 22.6 Å². The second-order valence-corrected chi connectivity index (χ2v) is 4.88. The first kappa shape index (κ1) is 13.0. The fraction of sp³-hybridized carbons (Fsp3) is 0.125. The Morgan fingerprint density at radius 2 is 1.80 bits per heavy atom. The number of nitrogens with two attached hydrogens (primary N) is 1. The average Bonchev–Trinajstić information content (AvgIpc) is 2.84. The zero-order valence-electron chi connectivity index (χ0n) is 10.8. The Labute approximate surface area is 121 Å². The Balaban J connectivity index is 1.88. The SMILES string of the molecule is NCc1oc2ccccc2c1COc1ccc(Cl)cc1. The fourth-order valence-corrected chi connectivity index (χ4v) is 2.28. The molecule has 1 heterocycles. The standard InChI is InChI=1S/C16H14ClNO2/c17-11-5-7-12(8-6-11)19-10-14-13-3-1-2-4-15(13)20-16(14)9-18/h1-8H,9-10,18H2. The van der Waals surface area contributed by atoms with E-state index in [0.717, 1.165) is 28.0 Å². The molecule has 3 rings (SSSR count). The Hall–Kier alpha value is -1.97. The van der Waals surface area contributed by atoms with E-state index in [2.05, 4.69) is 0 Å². The van der Waals surface area contributed by atoms with Gasteiger partial charge in [-0.1, -0.05) is 29.8 Å². The van der Waals surface area contributed by atoms with Crippen LogP contribution < -0.4 is 10.5 Å². The first-order valence-electron chi connectivity index (χ1n) is 6.35. The van der Waals surface area contributed by atoms with Gasteiger partial charge >= 0.3 is 0 Å². The van der Waals surface area contributed by atoms with E-state index < -0.39 is 0 Å². The number of benzene rings is 2. The van der Waals surface area contributed by atoms with Gasteiger partial charge < -0.3 is 14.9 Å². The molecule has 2 aromatic carbocycles. The van der Waals surface area contributed by atoms with Gasteiger partial charge in [-0.25, -0.2) is 0 Å². The van der Waals surface area contributed by atoms with Gasteiger partial charge in [0.1, 0.15) is 23.7 Å². The Bertz CT molecular complexity index is 719. The maximum absolute atomic E-state index is 5.85. The summed E-state index contributed by atoms with van der Waals surface area (Å²) in [6, 6.07) is 15.1. The maximum Gasteiger partial charge on any atom is 0.134 e. The van der Waals surface area contributed by atoms with Crippen LogP contribution in [-0.4, -0.2) is 0 Å². The Morgan fingerprint density at radius 3 is 2.55 bits per heavy atom. The number of para-hydroxylation sites is 1. The lowest BCUT2D eigenvalue weighted by atomic mass is 10.1. The molecule has 0 atom stereocenters. The van der Waals surface area contributed by atoms with E-state index in [1.807, 2.05) is 36.4 Å². The third kappa shape index (κ3) is 2.50. The number of furan rings is 1. The number of hydrogen-bond donors (Lipinski definition) is 1. The van der Waals surface area contributed by atoms with Crippen molar-refractivity contribution in [2.45, 2.75) is 13.2 Å². The largest absolute Gasteiger partial charge is 0.489 e. The molecule has 2 N–H and O–H groups in total. The van der Waals surface area contributed by atoms with Crippen molar-refractivity contribution in [2.24, 2.45) is 5.73 Å². The molecule has 102 valence electrons. The van der Waals surface area contributed by atoms with Crippen molar-refractivity contribution in [1.29, 1.82) is 0 Å². The predicted octanol–water partition coefficient (Wildman–Crippen LogP) is 4.12. The minimum Gasteiger partial charge on any atom is -0.489 e. The lowest BCUT2D eigenvalue weighted by molar-refractivity contribution is 0.303. The number of rotatable bonds is 4. The van der Waals surface area contributed by atoms with Crippen LogP contribution in [0.1, 0.15) is 11.3 Å². The monoisotopic (exact) mass is 287 g/mol. The van der Waals surface area contributed by atoms with Crippen molar-refractivity contribution in [3.63, 3.8) is 0 Å². The summed E-state index contributed by atoms with van der Waals surface area (Å²) in [6.07, 6.45) is 0. The molecule has 0 unspecified atom stereocenters. The third-order valence-electron chi connectivity index (χ3n) is 3.16. The topological polar surface area (TPSA) is 48.4 Å². The van der Waals surface area contributed by atoms with E-state index in [1.165, 1.54) is 0 Å². The molecular formula is C16H14ClNO2. The van der Waals surface area contributed by atoms with Gasteiger partial charge in [-0.05, 0) is 30.3 Å². The number of fused-ring (bicyclic) bond motifs is 1. The summed E-state index contributed by atoms with van der Waals surface area (Å²) in [4.78, 5) is 0. The molecule has 0 radical (unpaired) electrons. The summed E-state index contributed by atoms with van der Waals surface area (Å²) in [5, 5.41) is 1.73. The van der Waals surface area contributed by atoms with Crippen LogP contribution in [0.15, 0.2) is 52.9 Å². The quantitative estimate of drug-likeness (QED) is 0.785. The molecule has 4 heteroatoms. The molecule has 20 heavy (non-hydrogen) atoms. The predicted molar refractivity (Wildman–Crippen MR) is 79.9 cm³/mol. The van der Waals surface area contributed by atoms with E-state index in [1.54, 1.807) is 12.1 Å². The van der Waals surface area contributed by atoms with Crippen molar-refractivity contribution in [3.8, 4) is 5.75 Å². The van der Waals surface area contributed by atoms with E-state index in [4.69, 9.17) is 26.5 Å². The van der Waals surface area contributed by atoms with E-state index in [-0.39, 0.29) is 0 Å². The van der Waals surface area contributed by atoms with Gasteiger partial charge in [0.25, 0.3) is 0 Å². The molecule has 0 aliphatic rings. The Morgan fingerprint density at radius 1 is 1.05 bits per heavy atom. The van der Waals surface area contributed by atoms with E-state index in [0.29, 0.717) is 18.2 Å². The number of hydrogen-bond acceptors (Lipinski definition) is 3. The number of halogens is 1. The summed E-state index contributed by atoms with van der Waals surface area (Å²) in [7, 11) is 0. The summed E-state index contributed by atoms with van der Waals surface area (Å²) in [5.74, 6) is 1.53. The smallest absolute Gasteiger partial charge is 0.134 e. The van der Waals surface area contributed by atoms with Gasteiger partial charge in [-0.15, -0.1) is 0 Å². The summed E-state index contributed by atoms with van der Waals surface area (Å²) < 4.78 is 11.5. The van der Waals surface area contributed by atoms with Crippen molar-refractivity contribution in [3.05, 3.63) is 64.9 Å². The normalized spacial score (nSPS) is 10.9. The van der Waals surface area contributed by atoms with Crippen LogP contribution in [0.4, 0.5) is 0 Å². The van der Waals surface area contributed by atoms with Crippen LogP contribution in [0.25, 0.3) is 11.0 Å². The van der Waals surface area contributed by atoms with Crippen LogP contribution in [0.5, 0.6) is 5.75 Å². The van der Waals surface area contributed by atoms with Crippen molar-refractivity contribution in [2.75, 3.05) is 0 Å². The zero-order chi connectivity index (χ0) is 13.9. The van der Waals surface area contributed by atoms with Gasteiger partial charge in [0, 0.05) is 16.0 Å². The summed E-state index contributed by atoms with van der Waals surface area (Å²) in [6.45, 7) is 0.777. The second-order valence-electron chi connectivity index (χ2n) is 4.45. The number of ether oxygens (including phenoxy) is 1. The molecular weight excluding hydrogens is 274 g/mol. The third-order valence-corrected chi connectivity index (χ3v) is 3.42. The molecule has 3 nitrogen and oxygen atoms in total. The Kier molecular flexibility index (Phi) is 3.63. The van der Waals surface area contributed by atoms with Crippen LogP contribution in [0, 0.1) is 0 Å². The highest BCUT2D eigenvalue weighted by Gasteiger charge is 2.13. The van der Waals surface area contributed by atoms with Gasteiger partial charge in [0.15, 0.2) is 0 Å². The van der Waals surface area contributed by atoms with E-state index in [9.17, 15) is 0 Å². The van der Waals surface area contributed by atoms with Gasteiger partial charge in [0.2, 0.25) is 0 Å². The van der Waals surface area contributed by atoms with Crippen LogP contribution >= 0.6 is 11.6 Å². The first-order chi connectivity index (χ1) is 9.78. The first-order valence-corrected chi connectivity index (χ1v) is 6.73. The van der Waals surface area contributed by atoms with Gasteiger partial charge in [-0.2, -0.15) is 0 Å². The second kappa shape index (κ2) is 5.57. The van der Waals surface area contributed by atoms with Crippen LogP contribution in [0.3, 0.4) is 0 Å². The lowest BCUT2D eigenvalue weighted by Gasteiger charge is -2.06. The van der Waals surface area contributed by atoms with E-state index >= 15 is 0 Å². The molecule has 0 spiro atoms. The van der Waals surface area contributed by atoms with Crippen molar-refractivity contribution in [1.82, 2.24) is 0 Å². The molecule has 0 aliphatic carbocycles. The van der Waals surface area contributed by atoms with Gasteiger partial charge in [-0.3, -0.25) is 0 Å². The minimum atomic E-state index is 0.355. The lowest BCUT2D eigenvalue weighted by Crippen LogP contribution is -2.02. The average molecular weight is 288 g/mol. The molecule has 0 bridgehead atoms. The fourth-order valence-electron chi connectivity index (χ4n) is 2.16. The molecule has 0 fully saturated rings. The molecule has 0 aliphatic heterocycles. The molecule has 0 amide bonds. The minimum absolute atomic E-state index is 0.355. The summed E-state index contributed by atoms with van der Waals surface area (Å²) >= 11 is 5.85. The molecule has 3 aromatic rings. The highest BCUT2D eigenvalue weighted by Crippen LogP contribution is 2.27. The summed E-state index contributed by atoms with van der Waals surface area (Å²) in [5.41, 5.74) is 7.57. The maximum atomic E-state index is 5.85. The highest BCUT2D eigenvalue weighted by molar-refractivity contribution is 6.30. The molecule has 0 saturated carbocycles. The van der Waals surface area contributed by atoms with Crippen LogP contribution in [-0.2, 0) is 13.2 Å². The molecule has 1 aromatic heterocycles. The van der Waals surface area contributed by atoms with Crippen molar-refractivity contribution < 1.29 is 9.15 Å². The molecule has 0 saturated heterocycles. The van der Waals surface area contributed by atoms with Crippen LogP contribution in [0.2, 0.25) is 5.02 Å².